The van der Waals surface area contributed by atoms with Crippen molar-refractivity contribution >= 4 is 12.0 Å². The number of hydrogen-bond acceptors (Lipinski definition) is 5. The van der Waals surface area contributed by atoms with Crippen molar-refractivity contribution < 1.29 is 28.9 Å². The third-order valence-corrected chi connectivity index (χ3v) is 3.49. The Balaban J connectivity index is 2.76. The molecule has 0 spiro atoms. The van der Waals surface area contributed by atoms with Gasteiger partial charge in [-0.2, -0.15) is 0 Å². The molecule has 8 nitrogen and oxygen atoms in total. The highest BCUT2D eigenvalue weighted by Gasteiger charge is 2.21. The van der Waals surface area contributed by atoms with Crippen LogP contribution in [-0.2, 0) is 11.3 Å². The molecule has 8 heteroatoms. The van der Waals surface area contributed by atoms with Gasteiger partial charge in [-0.05, 0) is 30.0 Å². The van der Waals surface area contributed by atoms with E-state index in [1.807, 2.05) is 13.8 Å². The molecule has 0 fully saturated rings. The lowest BCUT2D eigenvalue weighted by molar-refractivity contribution is -0.139. The van der Waals surface area contributed by atoms with Crippen LogP contribution in [0.5, 0.6) is 17.2 Å². The van der Waals surface area contributed by atoms with Crippen LogP contribution in [-0.4, -0.2) is 44.5 Å². The first-order valence-electron chi connectivity index (χ1n) is 7.88. The van der Waals surface area contributed by atoms with E-state index in [0.29, 0.717) is 23.7 Å². The van der Waals surface area contributed by atoms with Gasteiger partial charge in [0, 0.05) is 6.54 Å². The number of carboxylic acid groups (broad SMARTS) is 1. The SMILES string of the molecule is COc1cc(CNC(=O)NC(CC(C)C)C(=O)O)cc(OC)c1OC. The first kappa shape index (κ1) is 20.4. The van der Waals surface area contributed by atoms with E-state index in [1.165, 1.54) is 21.3 Å². The monoisotopic (exact) mass is 354 g/mol. The molecule has 0 aromatic heterocycles. The third-order valence-electron chi connectivity index (χ3n) is 3.49. The van der Waals surface area contributed by atoms with Crippen LogP contribution in [0.15, 0.2) is 12.1 Å². The molecule has 1 aromatic carbocycles. The zero-order chi connectivity index (χ0) is 19.0. The number of rotatable bonds is 9. The van der Waals surface area contributed by atoms with Crippen molar-refractivity contribution in [2.24, 2.45) is 5.92 Å². The van der Waals surface area contributed by atoms with Crippen LogP contribution in [0.1, 0.15) is 25.8 Å². The predicted molar refractivity (Wildman–Crippen MR) is 92.3 cm³/mol. The Hall–Kier alpha value is -2.64. The Morgan fingerprint density at radius 3 is 2.04 bits per heavy atom. The number of hydrogen-bond donors (Lipinski definition) is 3. The molecule has 0 heterocycles. The van der Waals surface area contributed by atoms with Gasteiger partial charge in [0.25, 0.3) is 0 Å². The van der Waals surface area contributed by atoms with Crippen molar-refractivity contribution in [2.75, 3.05) is 21.3 Å². The fourth-order valence-corrected chi connectivity index (χ4v) is 2.32. The van der Waals surface area contributed by atoms with E-state index in [-0.39, 0.29) is 12.5 Å². The van der Waals surface area contributed by atoms with E-state index >= 15 is 0 Å². The quantitative estimate of drug-likeness (QED) is 0.626. The van der Waals surface area contributed by atoms with E-state index in [2.05, 4.69) is 10.6 Å². The van der Waals surface area contributed by atoms with E-state index < -0.39 is 18.0 Å². The second-order valence-corrected chi connectivity index (χ2v) is 5.88. The molecule has 0 saturated heterocycles. The third kappa shape index (κ3) is 6.06. The van der Waals surface area contributed by atoms with Crippen LogP contribution in [0, 0.1) is 5.92 Å². The van der Waals surface area contributed by atoms with Crippen LogP contribution in [0.25, 0.3) is 0 Å². The Bertz CT molecular complexity index is 578. The van der Waals surface area contributed by atoms with Crippen LogP contribution >= 0.6 is 0 Å². The average Bonchev–Trinajstić information content (AvgIpc) is 2.57. The first-order chi connectivity index (χ1) is 11.8. The summed E-state index contributed by atoms with van der Waals surface area (Å²) in [5, 5.41) is 14.3. The average molecular weight is 354 g/mol. The molecule has 1 rings (SSSR count). The maximum atomic E-state index is 12.0. The lowest BCUT2D eigenvalue weighted by Crippen LogP contribution is -2.46. The molecular weight excluding hydrogens is 328 g/mol. The molecule has 140 valence electrons. The van der Waals surface area contributed by atoms with Crippen molar-refractivity contribution in [1.29, 1.82) is 0 Å². The number of amides is 2. The second kappa shape index (κ2) is 9.61. The molecule has 0 aliphatic carbocycles. The zero-order valence-electron chi connectivity index (χ0n) is 15.2. The van der Waals surface area contributed by atoms with Gasteiger partial charge in [0.1, 0.15) is 6.04 Å². The maximum Gasteiger partial charge on any atom is 0.326 e. The number of ether oxygens (including phenoxy) is 3. The molecule has 1 aromatic rings. The number of carbonyl (C=O) groups excluding carboxylic acids is 1. The lowest BCUT2D eigenvalue weighted by atomic mass is 10.0. The Morgan fingerprint density at radius 2 is 1.64 bits per heavy atom. The standard InChI is InChI=1S/C17H26N2O6/c1-10(2)6-12(16(20)21)19-17(22)18-9-11-7-13(23-3)15(25-5)14(8-11)24-4/h7-8,10,12H,6,9H2,1-5H3,(H,20,21)(H2,18,19,22). The molecule has 25 heavy (non-hydrogen) atoms. The van der Waals surface area contributed by atoms with E-state index in [4.69, 9.17) is 19.3 Å². The van der Waals surface area contributed by atoms with Crippen molar-refractivity contribution in [3.05, 3.63) is 17.7 Å². The van der Waals surface area contributed by atoms with Gasteiger partial charge in [-0.1, -0.05) is 13.8 Å². The first-order valence-corrected chi connectivity index (χ1v) is 7.88. The van der Waals surface area contributed by atoms with Crippen molar-refractivity contribution in [3.8, 4) is 17.2 Å². The Morgan fingerprint density at radius 1 is 1.08 bits per heavy atom. The molecule has 0 saturated carbocycles. The maximum absolute atomic E-state index is 12.0. The molecule has 2 amide bonds. The molecular formula is C17H26N2O6. The summed E-state index contributed by atoms with van der Waals surface area (Å²) in [7, 11) is 4.52. The largest absolute Gasteiger partial charge is 0.493 e. The normalized spacial score (nSPS) is 11.6. The number of urea groups is 1. The number of carbonyl (C=O) groups is 2. The van der Waals surface area contributed by atoms with Gasteiger partial charge >= 0.3 is 12.0 Å². The second-order valence-electron chi connectivity index (χ2n) is 5.88. The molecule has 0 aliphatic heterocycles. The van der Waals surface area contributed by atoms with E-state index in [1.54, 1.807) is 12.1 Å². The summed E-state index contributed by atoms with van der Waals surface area (Å²) in [4.78, 5) is 23.2. The highest BCUT2D eigenvalue weighted by Crippen LogP contribution is 2.38. The fraction of sp³-hybridized carbons (Fsp3) is 0.529. The Labute approximate surface area is 147 Å². The highest BCUT2D eigenvalue weighted by atomic mass is 16.5. The summed E-state index contributed by atoms with van der Waals surface area (Å²) in [6, 6.07) is 1.94. The number of carboxylic acids is 1. The lowest BCUT2D eigenvalue weighted by Gasteiger charge is -2.17. The molecule has 1 unspecified atom stereocenters. The summed E-state index contributed by atoms with van der Waals surface area (Å²) in [6.45, 7) is 3.97. The van der Waals surface area contributed by atoms with Crippen molar-refractivity contribution in [3.63, 3.8) is 0 Å². The molecule has 3 N–H and O–H groups in total. The van der Waals surface area contributed by atoms with Crippen LogP contribution in [0.3, 0.4) is 0 Å². The number of benzene rings is 1. The Kier molecular flexibility index (Phi) is 7.84. The minimum Gasteiger partial charge on any atom is -0.493 e. The summed E-state index contributed by atoms with van der Waals surface area (Å²) < 4.78 is 15.7. The van der Waals surface area contributed by atoms with Crippen LogP contribution < -0.4 is 24.8 Å². The van der Waals surface area contributed by atoms with E-state index in [0.717, 1.165) is 5.56 Å². The summed E-state index contributed by atoms with van der Waals surface area (Å²) in [6.07, 6.45) is 0.354. The van der Waals surface area contributed by atoms with Gasteiger partial charge in [-0.25, -0.2) is 9.59 Å². The minimum atomic E-state index is -1.06. The molecule has 1 atom stereocenters. The van der Waals surface area contributed by atoms with Crippen molar-refractivity contribution in [1.82, 2.24) is 10.6 Å². The predicted octanol–water partition coefficient (Wildman–Crippen LogP) is 2.01. The zero-order valence-corrected chi connectivity index (χ0v) is 15.2. The summed E-state index contributed by atoms with van der Waals surface area (Å²) in [5.74, 6) is 0.499. The van der Waals surface area contributed by atoms with Crippen molar-refractivity contribution in [2.45, 2.75) is 32.9 Å². The van der Waals surface area contributed by atoms with Gasteiger partial charge in [0.05, 0.1) is 21.3 Å². The van der Waals surface area contributed by atoms with Gasteiger partial charge in [-0.15, -0.1) is 0 Å². The summed E-state index contributed by atoms with van der Waals surface area (Å²) >= 11 is 0. The number of methoxy groups -OCH3 is 3. The van der Waals surface area contributed by atoms with E-state index in [9.17, 15) is 9.59 Å². The van der Waals surface area contributed by atoms with Crippen LogP contribution in [0.2, 0.25) is 0 Å². The smallest absolute Gasteiger partial charge is 0.326 e. The topological polar surface area (TPSA) is 106 Å². The van der Waals surface area contributed by atoms with Gasteiger partial charge < -0.3 is 30.0 Å². The van der Waals surface area contributed by atoms with Gasteiger partial charge in [0.2, 0.25) is 5.75 Å². The van der Waals surface area contributed by atoms with Gasteiger partial charge in [0.15, 0.2) is 11.5 Å². The number of nitrogens with one attached hydrogen (secondary N) is 2. The fourth-order valence-electron chi connectivity index (χ4n) is 2.32. The molecule has 0 bridgehead atoms. The van der Waals surface area contributed by atoms with Crippen LogP contribution in [0.4, 0.5) is 4.79 Å². The number of aliphatic carboxylic acids is 1. The molecule has 0 aliphatic rings. The highest BCUT2D eigenvalue weighted by molar-refractivity contribution is 5.82. The minimum absolute atomic E-state index is 0.150. The molecule has 0 radical (unpaired) electrons. The van der Waals surface area contributed by atoms with Gasteiger partial charge in [-0.3, -0.25) is 0 Å². The summed E-state index contributed by atoms with van der Waals surface area (Å²) in [5.41, 5.74) is 0.723.